The van der Waals surface area contributed by atoms with Gasteiger partial charge in [0, 0.05) is 6.42 Å². The van der Waals surface area contributed by atoms with E-state index in [1.54, 1.807) is 0 Å². The normalized spacial score (nSPS) is 9.69. The second kappa shape index (κ2) is 4.14. The zero-order valence-corrected chi connectivity index (χ0v) is 8.65. The highest BCUT2D eigenvalue weighted by molar-refractivity contribution is 5.37. The van der Waals surface area contributed by atoms with Crippen LogP contribution >= 0.6 is 0 Å². The third kappa shape index (κ3) is 2.36. The lowest BCUT2D eigenvalue weighted by molar-refractivity contribution is 1.00. The molecule has 0 fully saturated rings. The minimum atomic E-state index is 0.837. The number of hydrogen-bond acceptors (Lipinski definition) is 0. The average molecular weight is 172 g/mol. The van der Waals surface area contributed by atoms with Crippen LogP contribution in [0.5, 0.6) is 0 Å². The van der Waals surface area contributed by atoms with E-state index in [-0.39, 0.29) is 0 Å². The summed E-state index contributed by atoms with van der Waals surface area (Å²) >= 11 is 0. The summed E-state index contributed by atoms with van der Waals surface area (Å²) in [7, 11) is 0. The van der Waals surface area contributed by atoms with Gasteiger partial charge in [-0.15, -0.1) is 12.3 Å². The zero-order chi connectivity index (χ0) is 9.84. The SMILES string of the molecule is C#CCCc1cc(C)cc(C)c1C. The van der Waals surface area contributed by atoms with Crippen molar-refractivity contribution < 1.29 is 0 Å². The molecule has 0 saturated carbocycles. The summed E-state index contributed by atoms with van der Waals surface area (Å²) in [5, 5.41) is 0. The van der Waals surface area contributed by atoms with Crippen LogP contribution in [0.3, 0.4) is 0 Å². The lowest BCUT2D eigenvalue weighted by Crippen LogP contribution is -1.93. The van der Waals surface area contributed by atoms with Gasteiger partial charge in [-0.05, 0) is 43.9 Å². The molecule has 13 heavy (non-hydrogen) atoms. The minimum absolute atomic E-state index is 0.837. The van der Waals surface area contributed by atoms with Gasteiger partial charge in [-0.1, -0.05) is 17.7 Å². The predicted molar refractivity (Wildman–Crippen MR) is 57.8 cm³/mol. The molecule has 0 nitrogen and oxygen atoms in total. The fourth-order valence-corrected chi connectivity index (χ4v) is 1.59. The Labute approximate surface area is 81.0 Å². The number of benzene rings is 1. The van der Waals surface area contributed by atoms with E-state index in [2.05, 4.69) is 38.8 Å². The fraction of sp³-hybridized carbons (Fsp3) is 0.385. The Morgan fingerprint density at radius 3 is 2.54 bits per heavy atom. The van der Waals surface area contributed by atoms with Crippen molar-refractivity contribution in [3.05, 3.63) is 34.4 Å². The highest BCUT2D eigenvalue weighted by Crippen LogP contribution is 2.17. The van der Waals surface area contributed by atoms with E-state index in [4.69, 9.17) is 6.42 Å². The van der Waals surface area contributed by atoms with Crippen molar-refractivity contribution in [1.29, 1.82) is 0 Å². The molecule has 0 aliphatic rings. The number of rotatable bonds is 2. The molecular weight excluding hydrogens is 156 g/mol. The standard InChI is InChI=1S/C13H16/c1-5-6-7-13-9-10(2)8-11(3)12(13)4/h1,8-9H,6-7H2,2-4H3. The predicted octanol–water partition coefficient (Wildman–Crippen LogP) is 3.18. The van der Waals surface area contributed by atoms with E-state index < -0.39 is 0 Å². The molecule has 1 aromatic carbocycles. The summed E-state index contributed by atoms with van der Waals surface area (Å²) in [6.45, 7) is 6.45. The van der Waals surface area contributed by atoms with Crippen molar-refractivity contribution in [2.75, 3.05) is 0 Å². The fourth-order valence-electron chi connectivity index (χ4n) is 1.59. The summed E-state index contributed by atoms with van der Waals surface area (Å²) < 4.78 is 0. The van der Waals surface area contributed by atoms with Crippen molar-refractivity contribution in [2.24, 2.45) is 0 Å². The van der Waals surface area contributed by atoms with E-state index in [1.165, 1.54) is 22.3 Å². The zero-order valence-electron chi connectivity index (χ0n) is 8.65. The largest absolute Gasteiger partial charge is 0.120 e. The van der Waals surface area contributed by atoms with Crippen molar-refractivity contribution in [3.63, 3.8) is 0 Å². The Hall–Kier alpha value is -1.22. The minimum Gasteiger partial charge on any atom is -0.120 e. The van der Waals surface area contributed by atoms with Gasteiger partial charge in [0.1, 0.15) is 0 Å². The molecule has 0 heterocycles. The molecular formula is C13H16. The van der Waals surface area contributed by atoms with Gasteiger partial charge in [0.25, 0.3) is 0 Å². The second-order valence-electron chi connectivity index (χ2n) is 3.57. The molecule has 0 spiro atoms. The summed E-state index contributed by atoms with van der Waals surface area (Å²) in [6.07, 6.45) is 7.09. The quantitative estimate of drug-likeness (QED) is 0.601. The van der Waals surface area contributed by atoms with Crippen molar-refractivity contribution in [3.8, 4) is 12.3 Å². The van der Waals surface area contributed by atoms with Gasteiger partial charge in [-0.25, -0.2) is 0 Å². The Morgan fingerprint density at radius 2 is 1.92 bits per heavy atom. The molecule has 68 valence electrons. The molecule has 0 aromatic heterocycles. The molecule has 0 aliphatic heterocycles. The van der Waals surface area contributed by atoms with E-state index >= 15 is 0 Å². The molecule has 0 saturated heterocycles. The number of aryl methyl sites for hydroxylation is 3. The highest BCUT2D eigenvalue weighted by atomic mass is 14.1. The van der Waals surface area contributed by atoms with Crippen LogP contribution in [0.25, 0.3) is 0 Å². The van der Waals surface area contributed by atoms with Gasteiger partial charge in [0.2, 0.25) is 0 Å². The number of terminal acetylenes is 1. The lowest BCUT2D eigenvalue weighted by atomic mass is 9.97. The van der Waals surface area contributed by atoms with Gasteiger partial charge in [0.05, 0.1) is 0 Å². The van der Waals surface area contributed by atoms with Crippen LogP contribution in [-0.4, -0.2) is 0 Å². The van der Waals surface area contributed by atoms with Gasteiger partial charge in [-0.2, -0.15) is 0 Å². The average Bonchev–Trinajstić information content (AvgIpc) is 2.09. The van der Waals surface area contributed by atoms with E-state index in [0.29, 0.717) is 0 Å². The topological polar surface area (TPSA) is 0 Å². The van der Waals surface area contributed by atoms with E-state index in [0.717, 1.165) is 12.8 Å². The van der Waals surface area contributed by atoms with Gasteiger partial charge >= 0.3 is 0 Å². The van der Waals surface area contributed by atoms with Crippen LogP contribution in [0.1, 0.15) is 28.7 Å². The summed E-state index contributed by atoms with van der Waals surface area (Å²) in [4.78, 5) is 0. The Bertz CT molecular complexity index is 340. The first-order valence-electron chi connectivity index (χ1n) is 4.65. The van der Waals surface area contributed by atoms with E-state index in [9.17, 15) is 0 Å². The summed E-state index contributed by atoms with van der Waals surface area (Å²) in [5.74, 6) is 2.68. The lowest BCUT2D eigenvalue weighted by Gasteiger charge is -2.08. The highest BCUT2D eigenvalue weighted by Gasteiger charge is 2.01. The smallest absolute Gasteiger partial charge is 0.0127 e. The third-order valence-corrected chi connectivity index (χ3v) is 2.46. The molecule has 0 aliphatic carbocycles. The molecule has 0 atom stereocenters. The molecule has 1 aromatic rings. The molecule has 0 heteroatoms. The maximum Gasteiger partial charge on any atom is 0.0127 e. The second-order valence-corrected chi connectivity index (χ2v) is 3.57. The molecule has 0 bridgehead atoms. The monoisotopic (exact) mass is 172 g/mol. The number of hydrogen-bond donors (Lipinski definition) is 0. The first kappa shape index (κ1) is 9.86. The van der Waals surface area contributed by atoms with Gasteiger partial charge in [-0.3, -0.25) is 0 Å². The van der Waals surface area contributed by atoms with Crippen LogP contribution in [0, 0.1) is 33.1 Å². The van der Waals surface area contributed by atoms with E-state index in [1.807, 2.05) is 0 Å². The van der Waals surface area contributed by atoms with Crippen LogP contribution < -0.4 is 0 Å². The molecule has 1 rings (SSSR count). The first-order chi connectivity index (χ1) is 6.15. The third-order valence-electron chi connectivity index (χ3n) is 2.46. The Balaban J connectivity index is 3.00. The van der Waals surface area contributed by atoms with Crippen molar-refractivity contribution >= 4 is 0 Å². The van der Waals surface area contributed by atoms with Crippen LogP contribution in [0.2, 0.25) is 0 Å². The van der Waals surface area contributed by atoms with Gasteiger partial charge in [0.15, 0.2) is 0 Å². The molecule has 0 amide bonds. The van der Waals surface area contributed by atoms with Crippen LogP contribution in [0.15, 0.2) is 12.1 Å². The van der Waals surface area contributed by atoms with Crippen LogP contribution in [-0.2, 0) is 6.42 Å². The van der Waals surface area contributed by atoms with Gasteiger partial charge < -0.3 is 0 Å². The molecule has 0 radical (unpaired) electrons. The van der Waals surface area contributed by atoms with Crippen molar-refractivity contribution in [1.82, 2.24) is 0 Å². The first-order valence-corrected chi connectivity index (χ1v) is 4.65. The summed E-state index contributed by atoms with van der Waals surface area (Å²) in [5.41, 5.74) is 5.48. The Kier molecular flexibility index (Phi) is 3.14. The maximum absolute atomic E-state index is 5.25. The Morgan fingerprint density at radius 1 is 1.23 bits per heavy atom. The summed E-state index contributed by atoms with van der Waals surface area (Å²) in [6, 6.07) is 4.45. The van der Waals surface area contributed by atoms with Crippen LogP contribution in [0.4, 0.5) is 0 Å². The maximum atomic E-state index is 5.25. The molecule has 0 unspecified atom stereocenters. The molecule has 0 N–H and O–H groups in total. The van der Waals surface area contributed by atoms with Crippen molar-refractivity contribution in [2.45, 2.75) is 33.6 Å².